The molecule has 0 aliphatic rings. The van der Waals surface area contributed by atoms with Crippen molar-refractivity contribution in [1.29, 1.82) is 0 Å². The molecule has 1 N–H and O–H groups in total. The largest absolute Gasteiger partial charge is 0.338 e. The van der Waals surface area contributed by atoms with Gasteiger partial charge in [0.25, 0.3) is 11.6 Å². The number of carbonyl (C=O) groups is 1. The van der Waals surface area contributed by atoms with Crippen LogP contribution in [0, 0.1) is 29.4 Å². The van der Waals surface area contributed by atoms with Crippen molar-refractivity contribution < 1.29 is 9.72 Å². The molecule has 0 spiro atoms. The van der Waals surface area contributed by atoms with Crippen molar-refractivity contribution in [2.24, 2.45) is 0 Å². The number of terminal acetylenes is 1. The third-order valence-corrected chi connectivity index (χ3v) is 2.75. The normalized spacial score (nSPS) is 11.4. The predicted molar refractivity (Wildman–Crippen MR) is 72.8 cm³/mol. The summed E-state index contributed by atoms with van der Waals surface area (Å²) in [6.45, 7) is 3.64. The molecule has 0 saturated heterocycles. The zero-order valence-corrected chi connectivity index (χ0v) is 11.0. The number of hydrogen-bond acceptors (Lipinski definition) is 3. The van der Waals surface area contributed by atoms with Crippen LogP contribution in [0.3, 0.4) is 0 Å². The van der Waals surface area contributed by atoms with E-state index in [1.54, 1.807) is 6.92 Å². The number of amides is 1. The molecular formula is C14H16N2O3. The summed E-state index contributed by atoms with van der Waals surface area (Å²) in [6, 6.07) is 3.82. The van der Waals surface area contributed by atoms with Crippen molar-refractivity contribution in [2.75, 3.05) is 0 Å². The van der Waals surface area contributed by atoms with Gasteiger partial charge in [0.05, 0.1) is 11.0 Å². The van der Waals surface area contributed by atoms with Crippen molar-refractivity contribution in [3.63, 3.8) is 0 Å². The summed E-state index contributed by atoms with van der Waals surface area (Å²) in [7, 11) is 0. The Morgan fingerprint density at radius 3 is 2.74 bits per heavy atom. The molecule has 1 aromatic rings. The summed E-state index contributed by atoms with van der Waals surface area (Å²) >= 11 is 0. The molecule has 5 nitrogen and oxygen atoms in total. The second-order valence-corrected chi connectivity index (χ2v) is 4.24. The zero-order valence-electron chi connectivity index (χ0n) is 11.0. The number of benzene rings is 1. The van der Waals surface area contributed by atoms with Crippen LogP contribution in [0.4, 0.5) is 5.69 Å². The van der Waals surface area contributed by atoms with Gasteiger partial charge in [0, 0.05) is 17.7 Å². The van der Waals surface area contributed by atoms with E-state index in [1.807, 2.05) is 6.92 Å². The van der Waals surface area contributed by atoms with E-state index in [2.05, 4.69) is 11.2 Å². The molecule has 1 amide bonds. The summed E-state index contributed by atoms with van der Waals surface area (Å²) < 4.78 is 0. The summed E-state index contributed by atoms with van der Waals surface area (Å²) in [6.07, 6.45) is 6.91. The van der Waals surface area contributed by atoms with Gasteiger partial charge in [0.2, 0.25) is 0 Å². The van der Waals surface area contributed by atoms with Gasteiger partial charge in [0.15, 0.2) is 0 Å². The van der Waals surface area contributed by atoms with E-state index in [-0.39, 0.29) is 17.6 Å². The average Bonchev–Trinajstić information content (AvgIpc) is 2.37. The lowest BCUT2D eigenvalue weighted by Crippen LogP contribution is -2.34. The summed E-state index contributed by atoms with van der Waals surface area (Å²) in [5, 5.41) is 13.4. The SMILES string of the molecule is C#CC(CCC)NC(=O)c1ccc([N+](=O)[O-])cc1C. The van der Waals surface area contributed by atoms with Gasteiger partial charge in [-0.3, -0.25) is 14.9 Å². The van der Waals surface area contributed by atoms with Crippen molar-refractivity contribution >= 4 is 11.6 Å². The molecule has 0 aliphatic heterocycles. The highest BCUT2D eigenvalue weighted by molar-refractivity contribution is 5.96. The average molecular weight is 260 g/mol. The molecule has 1 atom stereocenters. The molecule has 19 heavy (non-hydrogen) atoms. The van der Waals surface area contributed by atoms with E-state index >= 15 is 0 Å². The Labute approximate surface area is 112 Å². The van der Waals surface area contributed by atoms with Crippen LogP contribution in [0.1, 0.15) is 35.7 Å². The van der Waals surface area contributed by atoms with Crippen LogP contribution in [0.2, 0.25) is 0 Å². The minimum Gasteiger partial charge on any atom is -0.338 e. The first-order valence-corrected chi connectivity index (χ1v) is 6.01. The maximum Gasteiger partial charge on any atom is 0.269 e. The minimum atomic E-state index is -0.490. The van der Waals surface area contributed by atoms with Gasteiger partial charge in [-0.05, 0) is 25.0 Å². The number of rotatable bonds is 5. The molecule has 0 fully saturated rings. The quantitative estimate of drug-likeness (QED) is 0.502. The van der Waals surface area contributed by atoms with Gasteiger partial charge in [-0.2, -0.15) is 0 Å². The standard InChI is InChI=1S/C14H16N2O3/c1-4-6-11(5-2)15-14(17)13-8-7-12(16(18)19)9-10(13)3/h2,7-9,11H,4,6H2,1,3H3,(H,15,17). The summed E-state index contributed by atoms with van der Waals surface area (Å²) in [4.78, 5) is 22.1. The number of nitro groups is 1. The number of hydrogen-bond donors (Lipinski definition) is 1. The number of nitrogens with zero attached hydrogens (tertiary/aromatic N) is 1. The van der Waals surface area contributed by atoms with Gasteiger partial charge < -0.3 is 5.32 Å². The minimum absolute atomic E-state index is 0.0314. The van der Waals surface area contributed by atoms with Gasteiger partial charge in [-0.1, -0.05) is 19.3 Å². The van der Waals surface area contributed by atoms with Crippen LogP contribution in [0.15, 0.2) is 18.2 Å². The van der Waals surface area contributed by atoms with Crippen LogP contribution in [-0.2, 0) is 0 Å². The molecule has 100 valence electrons. The second-order valence-electron chi connectivity index (χ2n) is 4.24. The van der Waals surface area contributed by atoms with E-state index in [9.17, 15) is 14.9 Å². The number of carbonyl (C=O) groups excluding carboxylic acids is 1. The Bertz CT molecular complexity index is 532. The van der Waals surface area contributed by atoms with Gasteiger partial charge in [-0.25, -0.2) is 0 Å². The first kappa shape index (κ1) is 14.7. The van der Waals surface area contributed by atoms with Crippen molar-refractivity contribution in [3.05, 3.63) is 39.4 Å². The Morgan fingerprint density at radius 2 is 2.26 bits per heavy atom. The van der Waals surface area contributed by atoms with E-state index in [0.29, 0.717) is 17.5 Å². The fraction of sp³-hybridized carbons (Fsp3) is 0.357. The van der Waals surface area contributed by atoms with Crippen LogP contribution in [0.25, 0.3) is 0 Å². The summed E-state index contributed by atoms with van der Waals surface area (Å²) in [5.74, 6) is 2.21. The molecule has 0 heterocycles. The number of aryl methyl sites for hydroxylation is 1. The predicted octanol–water partition coefficient (Wildman–Crippen LogP) is 2.43. The molecule has 0 aromatic heterocycles. The Balaban J connectivity index is 2.89. The van der Waals surface area contributed by atoms with Crippen LogP contribution in [-0.4, -0.2) is 16.9 Å². The fourth-order valence-electron chi connectivity index (χ4n) is 1.74. The number of nitrogens with one attached hydrogen (secondary N) is 1. The Kier molecular flexibility index (Phi) is 5.07. The highest BCUT2D eigenvalue weighted by Crippen LogP contribution is 2.17. The monoisotopic (exact) mass is 260 g/mol. The molecule has 1 aromatic carbocycles. The maximum absolute atomic E-state index is 12.0. The smallest absolute Gasteiger partial charge is 0.269 e. The lowest BCUT2D eigenvalue weighted by molar-refractivity contribution is -0.384. The number of nitro benzene ring substituents is 1. The van der Waals surface area contributed by atoms with E-state index in [1.165, 1.54) is 18.2 Å². The fourth-order valence-corrected chi connectivity index (χ4v) is 1.74. The maximum atomic E-state index is 12.0. The first-order chi connectivity index (χ1) is 8.99. The molecule has 1 unspecified atom stereocenters. The second kappa shape index (κ2) is 6.55. The highest BCUT2D eigenvalue weighted by Gasteiger charge is 2.15. The van der Waals surface area contributed by atoms with Gasteiger partial charge in [-0.15, -0.1) is 6.42 Å². The lowest BCUT2D eigenvalue weighted by atomic mass is 10.1. The van der Waals surface area contributed by atoms with Gasteiger partial charge >= 0.3 is 0 Å². The molecular weight excluding hydrogens is 244 g/mol. The van der Waals surface area contributed by atoms with Gasteiger partial charge in [0.1, 0.15) is 0 Å². The van der Waals surface area contributed by atoms with Crippen molar-refractivity contribution in [3.8, 4) is 12.3 Å². The van der Waals surface area contributed by atoms with Crippen molar-refractivity contribution in [1.82, 2.24) is 5.32 Å². The summed E-state index contributed by atoms with van der Waals surface area (Å²) in [5.41, 5.74) is 0.928. The molecule has 5 heteroatoms. The third-order valence-electron chi connectivity index (χ3n) is 2.75. The Hall–Kier alpha value is -2.35. The Morgan fingerprint density at radius 1 is 1.58 bits per heavy atom. The zero-order chi connectivity index (χ0) is 14.4. The van der Waals surface area contributed by atoms with Crippen LogP contribution >= 0.6 is 0 Å². The lowest BCUT2D eigenvalue weighted by Gasteiger charge is -2.13. The molecule has 0 bridgehead atoms. The third kappa shape index (κ3) is 3.81. The van der Waals surface area contributed by atoms with Crippen LogP contribution < -0.4 is 5.32 Å². The molecule has 0 aliphatic carbocycles. The molecule has 1 rings (SSSR count). The highest BCUT2D eigenvalue weighted by atomic mass is 16.6. The van der Waals surface area contributed by atoms with E-state index in [0.717, 1.165) is 6.42 Å². The van der Waals surface area contributed by atoms with E-state index in [4.69, 9.17) is 6.42 Å². The van der Waals surface area contributed by atoms with E-state index < -0.39 is 4.92 Å². The van der Waals surface area contributed by atoms with Crippen molar-refractivity contribution in [2.45, 2.75) is 32.7 Å². The molecule has 0 radical (unpaired) electrons. The number of non-ortho nitro benzene ring substituents is 1. The van der Waals surface area contributed by atoms with Crippen LogP contribution in [0.5, 0.6) is 0 Å². The topological polar surface area (TPSA) is 72.2 Å². The first-order valence-electron chi connectivity index (χ1n) is 6.01. The molecule has 0 saturated carbocycles.